The molecule has 0 saturated heterocycles. The highest BCUT2D eigenvalue weighted by atomic mass is 16.5. The first-order valence-electron chi connectivity index (χ1n) is 8.88. The molecule has 3 aromatic rings. The van der Waals surface area contributed by atoms with Crippen LogP contribution in [0.2, 0.25) is 0 Å². The Morgan fingerprint density at radius 3 is 2.81 bits per heavy atom. The van der Waals surface area contributed by atoms with E-state index in [4.69, 9.17) is 9.26 Å². The quantitative estimate of drug-likeness (QED) is 0.683. The number of nitrogens with one attached hydrogen (secondary N) is 1. The van der Waals surface area contributed by atoms with Gasteiger partial charge in [0.2, 0.25) is 5.91 Å². The van der Waals surface area contributed by atoms with Crippen molar-refractivity contribution in [2.24, 2.45) is 0 Å². The monoisotopic (exact) mass is 370 g/mol. The number of carbonyl (C=O) groups excluding carboxylic acids is 1. The summed E-state index contributed by atoms with van der Waals surface area (Å²) in [4.78, 5) is 29.5. The number of rotatable bonds is 7. The number of nitrogens with zero attached hydrogens (tertiary/aromatic N) is 3. The molecule has 1 N–H and O–H groups in total. The highest BCUT2D eigenvalue weighted by Gasteiger charge is 2.18. The van der Waals surface area contributed by atoms with Gasteiger partial charge in [0, 0.05) is 18.5 Å². The van der Waals surface area contributed by atoms with Gasteiger partial charge in [0.25, 0.3) is 11.3 Å². The zero-order valence-corrected chi connectivity index (χ0v) is 15.6. The maximum atomic E-state index is 12.8. The van der Waals surface area contributed by atoms with Crippen LogP contribution in [0.1, 0.15) is 30.9 Å². The smallest absolute Gasteiger partial charge is 0.267 e. The lowest BCUT2D eigenvalue weighted by Gasteiger charge is -2.13. The molecule has 0 fully saturated rings. The van der Waals surface area contributed by atoms with Gasteiger partial charge in [0.15, 0.2) is 0 Å². The van der Waals surface area contributed by atoms with E-state index < -0.39 is 0 Å². The Morgan fingerprint density at radius 2 is 2.07 bits per heavy atom. The van der Waals surface area contributed by atoms with Crippen molar-refractivity contribution in [1.29, 1.82) is 0 Å². The molecule has 0 bridgehead atoms. The fourth-order valence-corrected chi connectivity index (χ4v) is 2.88. The van der Waals surface area contributed by atoms with Crippen LogP contribution in [0.3, 0.4) is 0 Å². The third-order valence-corrected chi connectivity index (χ3v) is 4.21. The lowest BCUT2D eigenvalue weighted by Crippen LogP contribution is -2.34. The molecule has 0 saturated carbocycles. The van der Waals surface area contributed by atoms with Gasteiger partial charge >= 0.3 is 0 Å². The summed E-state index contributed by atoms with van der Waals surface area (Å²) in [7, 11) is 0. The van der Waals surface area contributed by atoms with E-state index in [0.717, 1.165) is 11.3 Å². The lowest BCUT2D eigenvalue weighted by atomic mass is 10.2. The number of para-hydroxylation sites is 1. The van der Waals surface area contributed by atoms with Crippen LogP contribution in [0.4, 0.5) is 0 Å². The maximum Gasteiger partial charge on any atom is 0.267 e. The number of amides is 1. The first-order valence-corrected chi connectivity index (χ1v) is 8.88. The van der Waals surface area contributed by atoms with Crippen LogP contribution < -0.4 is 15.6 Å². The van der Waals surface area contributed by atoms with Crippen molar-refractivity contribution in [3.8, 4) is 5.75 Å². The van der Waals surface area contributed by atoms with Crippen LogP contribution in [0.5, 0.6) is 5.75 Å². The normalized spacial score (nSPS) is 10.9. The van der Waals surface area contributed by atoms with E-state index in [0.29, 0.717) is 36.5 Å². The molecule has 0 unspecified atom stereocenters. The maximum absolute atomic E-state index is 12.8. The van der Waals surface area contributed by atoms with E-state index in [9.17, 15) is 9.59 Å². The summed E-state index contributed by atoms with van der Waals surface area (Å²) in [5, 5.41) is 6.93. The molecule has 1 aromatic carbocycles. The van der Waals surface area contributed by atoms with E-state index in [-0.39, 0.29) is 23.7 Å². The molecule has 2 heterocycles. The molecule has 1 amide bonds. The van der Waals surface area contributed by atoms with Crippen molar-refractivity contribution in [2.45, 2.75) is 40.3 Å². The number of ether oxygens (including phenoxy) is 1. The molecular formula is C19H22N4O4. The van der Waals surface area contributed by atoms with Crippen LogP contribution in [0.15, 0.2) is 33.6 Å². The Morgan fingerprint density at radius 1 is 1.30 bits per heavy atom. The van der Waals surface area contributed by atoms with E-state index in [1.165, 1.54) is 4.57 Å². The zero-order chi connectivity index (χ0) is 19.4. The van der Waals surface area contributed by atoms with Gasteiger partial charge in [-0.2, -0.15) is 4.98 Å². The molecule has 3 rings (SSSR count). The van der Waals surface area contributed by atoms with Gasteiger partial charge in [-0.25, -0.2) is 0 Å². The van der Waals surface area contributed by atoms with Crippen molar-refractivity contribution in [2.75, 3.05) is 6.61 Å². The first-order chi connectivity index (χ1) is 13.0. The van der Waals surface area contributed by atoms with E-state index >= 15 is 0 Å². The molecule has 142 valence electrons. The minimum absolute atomic E-state index is 0.119. The van der Waals surface area contributed by atoms with E-state index in [1.54, 1.807) is 6.92 Å². The second-order valence-corrected chi connectivity index (χ2v) is 6.04. The summed E-state index contributed by atoms with van der Waals surface area (Å²) < 4.78 is 12.0. The summed E-state index contributed by atoms with van der Waals surface area (Å²) in [6, 6.07) is 7.52. The number of hydrogen-bond donors (Lipinski definition) is 1. The SMILES string of the molecule is CCOc1ccccc1CNC(=O)Cn1c(CC)nc2onc(C)c2c1=O. The molecule has 2 aromatic heterocycles. The van der Waals surface area contributed by atoms with E-state index in [1.807, 2.05) is 38.1 Å². The van der Waals surface area contributed by atoms with Crippen molar-refractivity contribution < 1.29 is 14.1 Å². The van der Waals surface area contributed by atoms with Crippen molar-refractivity contribution in [3.05, 3.63) is 51.7 Å². The fourth-order valence-electron chi connectivity index (χ4n) is 2.88. The highest BCUT2D eigenvalue weighted by molar-refractivity contribution is 5.78. The molecule has 27 heavy (non-hydrogen) atoms. The van der Waals surface area contributed by atoms with Gasteiger partial charge in [-0.15, -0.1) is 0 Å². The predicted molar refractivity (Wildman–Crippen MR) is 99.6 cm³/mol. The van der Waals surface area contributed by atoms with E-state index in [2.05, 4.69) is 15.5 Å². The molecular weight excluding hydrogens is 348 g/mol. The highest BCUT2D eigenvalue weighted by Crippen LogP contribution is 2.17. The number of aryl methyl sites for hydroxylation is 2. The number of carbonyl (C=O) groups is 1. The van der Waals surface area contributed by atoms with Crippen LogP contribution in [-0.2, 0) is 24.3 Å². The summed E-state index contributed by atoms with van der Waals surface area (Å²) in [6.07, 6.45) is 0.491. The third kappa shape index (κ3) is 3.84. The van der Waals surface area contributed by atoms with Crippen LogP contribution in [0.25, 0.3) is 11.1 Å². The Balaban J connectivity index is 1.79. The van der Waals surface area contributed by atoms with Crippen LogP contribution in [-0.4, -0.2) is 27.2 Å². The van der Waals surface area contributed by atoms with Gasteiger partial charge in [-0.3, -0.25) is 14.2 Å². The second kappa shape index (κ2) is 8.03. The Labute approximate surface area is 156 Å². The largest absolute Gasteiger partial charge is 0.494 e. The minimum Gasteiger partial charge on any atom is -0.494 e. The lowest BCUT2D eigenvalue weighted by molar-refractivity contribution is -0.121. The molecule has 0 spiro atoms. The van der Waals surface area contributed by atoms with Gasteiger partial charge in [0.1, 0.15) is 23.5 Å². The molecule has 8 heteroatoms. The van der Waals surface area contributed by atoms with Gasteiger partial charge < -0.3 is 14.6 Å². The van der Waals surface area contributed by atoms with Crippen molar-refractivity contribution in [3.63, 3.8) is 0 Å². The molecule has 8 nitrogen and oxygen atoms in total. The molecule has 0 aliphatic carbocycles. The third-order valence-electron chi connectivity index (χ3n) is 4.21. The molecule has 0 radical (unpaired) electrons. The summed E-state index contributed by atoms with van der Waals surface area (Å²) >= 11 is 0. The summed E-state index contributed by atoms with van der Waals surface area (Å²) in [6.45, 7) is 6.19. The zero-order valence-electron chi connectivity index (χ0n) is 15.6. The second-order valence-electron chi connectivity index (χ2n) is 6.04. The van der Waals surface area contributed by atoms with Crippen molar-refractivity contribution >= 4 is 17.0 Å². The van der Waals surface area contributed by atoms with Crippen LogP contribution in [0, 0.1) is 6.92 Å². The summed E-state index contributed by atoms with van der Waals surface area (Å²) in [5.41, 5.74) is 1.22. The number of fused-ring (bicyclic) bond motifs is 1. The van der Waals surface area contributed by atoms with Crippen LogP contribution >= 0.6 is 0 Å². The number of aromatic nitrogens is 3. The fraction of sp³-hybridized carbons (Fsp3) is 0.368. The number of hydrogen-bond acceptors (Lipinski definition) is 6. The number of benzene rings is 1. The van der Waals surface area contributed by atoms with Gasteiger partial charge in [0.05, 0.1) is 12.3 Å². The Bertz CT molecular complexity index is 1020. The Kier molecular flexibility index (Phi) is 5.54. The topological polar surface area (TPSA) is 99.2 Å². The van der Waals surface area contributed by atoms with Crippen molar-refractivity contribution in [1.82, 2.24) is 20.0 Å². The molecule has 0 aliphatic rings. The minimum atomic E-state index is -0.319. The Hall–Kier alpha value is -3.16. The average Bonchev–Trinajstić information content (AvgIpc) is 3.04. The molecule has 0 aliphatic heterocycles. The summed E-state index contributed by atoms with van der Waals surface area (Å²) in [5.74, 6) is 0.928. The predicted octanol–water partition coefficient (Wildman–Crippen LogP) is 1.97. The molecule has 0 atom stereocenters. The standard InChI is InChI=1S/C19H22N4O4/c1-4-15-21-18-17(12(3)22-27-18)19(25)23(15)11-16(24)20-10-13-8-6-7-9-14(13)26-5-2/h6-9H,4-5,10-11H2,1-3H3,(H,20,24). The van der Waals surface area contributed by atoms with Gasteiger partial charge in [-0.05, 0) is 19.9 Å². The first kappa shape index (κ1) is 18.6. The average molecular weight is 370 g/mol. The van der Waals surface area contributed by atoms with Gasteiger partial charge in [-0.1, -0.05) is 30.3 Å².